The van der Waals surface area contributed by atoms with Crippen molar-refractivity contribution in [1.29, 1.82) is 0 Å². The van der Waals surface area contributed by atoms with Crippen LogP contribution in [0.4, 0.5) is 5.13 Å². The number of hydrogen-bond acceptors (Lipinski definition) is 4. The fraction of sp³-hybridized carbons (Fsp3) is 0.133. The lowest BCUT2D eigenvalue weighted by Gasteiger charge is -2.00. The standard InChI is InChI=1S/C15H12ClN3OS/c1-2-9-3-4-11-13(7-9)21-15(18-11)19-14(20)12-8-10(16)5-6-17-12/h3-8H,2H2,1H3,(H,18,19,20). The monoisotopic (exact) mass is 317 g/mol. The molecule has 2 heterocycles. The molecular formula is C15H12ClN3OS. The van der Waals surface area contributed by atoms with Crippen molar-refractivity contribution >= 4 is 44.2 Å². The van der Waals surface area contributed by atoms with Gasteiger partial charge in [-0.15, -0.1) is 0 Å². The summed E-state index contributed by atoms with van der Waals surface area (Å²) in [6, 6.07) is 9.27. The number of anilines is 1. The van der Waals surface area contributed by atoms with Crippen molar-refractivity contribution in [2.45, 2.75) is 13.3 Å². The van der Waals surface area contributed by atoms with Crippen molar-refractivity contribution in [2.24, 2.45) is 0 Å². The van der Waals surface area contributed by atoms with Gasteiger partial charge in [0.2, 0.25) is 0 Å². The van der Waals surface area contributed by atoms with Crippen LogP contribution in [0, 0.1) is 0 Å². The van der Waals surface area contributed by atoms with Crippen molar-refractivity contribution in [1.82, 2.24) is 9.97 Å². The van der Waals surface area contributed by atoms with Crippen LogP contribution >= 0.6 is 22.9 Å². The number of nitrogens with zero attached hydrogens (tertiary/aromatic N) is 2. The van der Waals surface area contributed by atoms with Crippen LogP contribution in [0.1, 0.15) is 23.0 Å². The molecule has 0 atom stereocenters. The highest BCUT2D eigenvalue weighted by molar-refractivity contribution is 7.22. The maximum absolute atomic E-state index is 12.1. The molecule has 3 rings (SSSR count). The molecule has 0 aliphatic heterocycles. The fourth-order valence-corrected chi connectivity index (χ4v) is 3.02. The molecule has 2 aromatic heterocycles. The molecule has 1 amide bonds. The van der Waals surface area contributed by atoms with Gasteiger partial charge in [-0.25, -0.2) is 4.98 Å². The third-order valence-corrected chi connectivity index (χ3v) is 4.20. The first kappa shape index (κ1) is 14.0. The Morgan fingerprint density at radius 3 is 2.95 bits per heavy atom. The lowest BCUT2D eigenvalue weighted by molar-refractivity contribution is 0.102. The molecule has 0 unspecified atom stereocenters. The van der Waals surface area contributed by atoms with E-state index in [0.29, 0.717) is 10.2 Å². The number of hydrogen-bond donors (Lipinski definition) is 1. The second kappa shape index (κ2) is 5.79. The smallest absolute Gasteiger partial charge is 0.276 e. The van der Waals surface area contributed by atoms with Crippen molar-refractivity contribution in [3.05, 3.63) is 52.8 Å². The maximum Gasteiger partial charge on any atom is 0.276 e. The van der Waals surface area contributed by atoms with Crippen molar-refractivity contribution in [3.63, 3.8) is 0 Å². The molecule has 0 bridgehead atoms. The number of carbonyl (C=O) groups is 1. The zero-order valence-corrected chi connectivity index (χ0v) is 12.8. The van der Waals surface area contributed by atoms with Gasteiger partial charge in [0.25, 0.3) is 5.91 Å². The lowest BCUT2D eigenvalue weighted by atomic mass is 10.2. The first-order valence-electron chi connectivity index (χ1n) is 6.48. The third-order valence-electron chi connectivity index (χ3n) is 3.04. The highest BCUT2D eigenvalue weighted by Crippen LogP contribution is 2.27. The normalized spacial score (nSPS) is 10.8. The van der Waals surface area contributed by atoms with E-state index >= 15 is 0 Å². The molecule has 0 fully saturated rings. The molecule has 0 spiro atoms. The van der Waals surface area contributed by atoms with Crippen LogP contribution in [0.2, 0.25) is 5.02 Å². The number of fused-ring (bicyclic) bond motifs is 1. The molecule has 0 aliphatic rings. The van der Waals surface area contributed by atoms with Crippen molar-refractivity contribution in [3.8, 4) is 0 Å². The lowest BCUT2D eigenvalue weighted by Crippen LogP contribution is -2.13. The molecule has 0 aliphatic carbocycles. The Balaban J connectivity index is 1.86. The summed E-state index contributed by atoms with van der Waals surface area (Å²) < 4.78 is 1.06. The van der Waals surface area contributed by atoms with Gasteiger partial charge in [0.15, 0.2) is 5.13 Å². The quantitative estimate of drug-likeness (QED) is 0.789. The molecule has 0 saturated heterocycles. The molecule has 106 valence electrons. The zero-order valence-electron chi connectivity index (χ0n) is 11.3. The molecule has 0 radical (unpaired) electrons. The number of amides is 1. The summed E-state index contributed by atoms with van der Waals surface area (Å²) in [5, 5.41) is 3.80. The average molecular weight is 318 g/mol. The minimum atomic E-state index is -0.313. The van der Waals surface area contributed by atoms with Crippen molar-refractivity contribution < 1.29 is 4.79 Å². The number of carbonyl (C=O) groups excluding carboxylic acids is 1. The van der Waals surface area contributed by atoms with E-state index in [-0.39, 0.29) is 11.6 Å². The van der Waals surface area contributed by atoms with Crippen LogP contribution in [0.25, 0.3) is 10.2 Å². The van der Waals surface area contributed by atoms with Gasteiger partial charge in [0, 0.05) is 11.2 Å². The Bertz CT molecular complexity index is 816. The summed E-state index contributed by atoms with van der Waals surface area (Å²) in [7, 11) is 0. The molecule has 6 heteroatoms. The Morgan fingerprint density at radius 2 is 2.19 bits per heavy atom. The number of aryl methyl sites for hydroxylation is 1. The molecule has 21 heavy (non-hydrogen) atoms. The average Bonchev–Trinajstić information content (AvgIpc) is 2.88. The highest BCUT2D eigenvalue weighted by Gasteiger charge is 2.11. The van der Waals surface area contributed by atoms with E-state index in [9.17, 15) is 4.79 Å². The van der Waals surface area contributed by atoms with E-state index in [4.69, 9.17) is 11.6 Å². The van der Waals surface area contributed by atoms with Crippen LogP contribution < -0.4 is 5.32 Å². The van der Waals surface area contributed by atoms with Crippen LogP contribution in [0.5, 0.6) is 0 Å². The fourth-order valence-electron chi connectivity index (χ4n) is 1.93. The Morgan fingerprint density at radius 1 is 1.33 bits per heavy atom. The Kier molecular flexibility index (Phi) is 3.86. The molecule has 1 aromatic carbocycles. The summed E-state index contributed by atoms with van der Waals surface area (Å²) in [4.78, 5) is 20.5. The molecule has 0 saturated carbocycles. The number of halogens is 1. The SMILES string of the molecule is CCc1ccc2nc(NC(=O)c3cc(Cl)ccn3)sc2c1. The largest absolute Gasteiger partial charge is 0.296 e. The highest BCUT2D eigenvalue weighted by atomic mass is 35.5. The topological polar surface area (TPSA) is 54.9 Å². The minimum absolute atomic E-state index is 0.274. The zero-order chi connectivity index (χ0) is 14.8. The third kappa shape index (κ3) is 3.04. The van der Waals surface area contributed by atoms with Gasteiger partial charge in [-0.05, 0) is 36.2 Å². The summed E-state index contributed by atoms with van der Waals surface area (Å²) in [5.41, 5.74) is 2.41. The van der Waals surface area contributed by atoms with Crippen molar-refractivity contribution in [2.75, 3.05) is 5.32 Å². The summed E-state index contributed by atoms with van der Waals surface area (Å²) in [6.07, 6.45) is 2.48. The predicted octanol–water partition coefficient (Wildman–Crippen LogP) is 4.16. The Labute approximate surface area is 130 Å². The van der Waals surface area contributed by atoms with Gasteiger partial charge in [-0.3, -0.25) is 15.1 Å². The molecule has 4 nitrogen and oxygen atoms in total. The first-order valence-corrected chi connectivity index (χ1v) is 7.67. The van der Waals surface area contributed by atoms with Gasteiger partial charge >= 0.3 is 0 Å². The van der Waals surface area contributed by atoms with E-state index in [1.165, 1.54) is 29.2 Å². The number of pyridine rings is 1. The maximum atomic E-state index is 12.1. The summed E-state index contributed by atoms with van der Waals surface area (Å²) in [5.74, 6) is -0.313. The van der Waals surface area contributed by atoms with Gasteiger partial charge in [0.05, 0.1) is 10.2 Å². The van der Waals surface area contributed by atoms with Gasteiger partial charge in [-0.1, -0.05) is 35.9 Å². The molecule has 1 N–H and O–H groups in total. The van der Waals surface area contributed by atoms with Crippen LogP contribution in [0.15, 0.2) is 36.5 Å². The first-order chi connectivity index (χ1) is 10.2. The Hall–Kier alpha value is -1.98. The van der Waals surface area contributed by atoms with Crippen LogP contribution in [-0.4, -0.2) is 15.9 Å². The summed E-state index contributed by atoms with van der Waals surface area (Å²) in [6.45, 7) is 2.11. The number of rotatable bonds is 3. The van der Waals surface area contributed by atoms with E-state index in [1.807, 2.05) is 12.1 Å². The van der Waals surface area contributed by atoms with E-state index in [1.54, 1.807) is 6.07 Å². The summed E-state index contributed by atoms with van der Waals surface area (Å²) >= 11 is 7.31. The van der Waals surface area contributed by atoms with Crippen LogP contribution in [-0.2, 0) is 6.42 Å². The van der Waals surface area contributed by atoms with Gasteiger partial charge in [0.1, 0.15) is 5.69 Å². The molecular weight excluding hydrogens is 306 g/mol. The molecule has 3 aromatic rings. The van der Waals surface area contributed by atoms with Crippen LogP contribution in [0.3, 0.4) is 0 Å². The van der Waals surface area contributed by atoms with E-state index in [2.05, 4.69) is 28.3 Å². The van der Waals surface area contributed by atoms with Gasteiger partial charge < -0.3 is 0 Å². The minimum Gasteiger partial charge on any atom is -0.296 e. The number of benzene rings is 1. The number of nitrogens with one attached hydrogen (secondary N) is 1. The number of aromatic nitrogens is 2. The van der Waals surface area contributed by atoms with E-state index in [0.717, 1.165) is 16.6 Å². The number of thiazole rings is 1. The predicted molar refractivity (Wildman–Crippen MR) is 86.2 cm³/mol. The van der Waals surface area contributed by atoms with Gasteiger partial charge in [-0.2, -0.15) is 0 Å². The van der Waals surface area contributed by atoms with E-state index < -0.39 is 0 Å². The second-order valence-corrected chi connectivity index (χ2v) is 5.96. The second-order valence-electron chi connectivity index (χ2n) is 4.49.